The topological polar surface area (TPSA) is 87.3 Å². The number of carbonyl (C=O) groups excluding carboxylic acids is 1. The Labute approximate surface area is 176 Å². The highest BCUT2D eigenvalue weighted by Gasteiger charge is 2.32. The molecular weight excluding hydrogens is 386 g/mol. The van der Waals surface area contributed by atoms with Gasteiger partial charge in [-0.15, -0.1) is 0 Å². The fourth-order valence-corrected chi connectivity index (χ4v) is 4.32. The van der Waals surface area contributed by atoms with Crippen molar-refractivity contribution in [3.05, 3.63) is 29.8 Å². The van der Waals surface area contributed by atoms with Gasteiger partial charge < -0.3 is 10.6 Å². The van der Waals surface area contributed by atoms with E-state index in [-0.39, 0.29) is 18.0 Å². The van der Waals surface area contributed by atoms with Crippen LogP contribution in [0.1, 0.15) is 77.1 Å². The third-order valence-electron chi connectivity index (χ3n) is 5.71. The van der Waals surface area contributed by atoms with Crippen LogP contribution in [0, 0.1) is 5.92 Å². The molecule has 1 amide bonds. The number of hydrogen-bond acceptors (Lipinski definition) is 4. The second kappa shape index (κ2) is 9.94. The lowest BCUT2D eigenvalue weighted by Gasteiger charge is -2.31. The van der Waals surface area contributed by atoms with Gasteiger partial charge in [-0.1, -0.05) is 6.92 Å². The minimum Gasteiger partial charge on any atom is -0.385 e. The number of nitrogens with one attached hydrogen (secondary N) is 3. The Kier molecular flexibility index (Phi) is 8.11. The van der Waals surface area contributed by atoms with E-state index in [1.165, 1.54) is 0 Å². The van der Waals surface area contributed by atoms with Gasteiger partial charge in [-0.25, -0.2) is 13.1 Å². The molecule has 0 heterocycles. The highest BCUT2D eigenvalue weighted by atomic mass is 32.2. The maximum atomic E-state index is 12.3. The molecule has 1 aromatic carbocycles. The zero-order valence-corrected chi connectivity index (χ0v) is 19.2. The maximum absolute atomic E-state index is 12.3. The smallest absolute Gasteiger partial charge is 0.251 e. The van der Waals surface area contributed by atoms with E-state index in [9.17, 15) is 13.2 Å². The van der Waals surface area contributed by atoms with Crippen molar-refractivity contribution < 1.29 is 13.2 Å². The molecule has 1 aromatic rings. The van der Waals surface area contributed by atoms with Crippen molar-refractivity contribution in [3.63, 3.8) is 0 Å². The molecule has 3 N–H and O–H groups in total. The summed E-state index contributed by atoms with van der Waals surface area (Å²) >= 11 is 0. The Morgan fingerprint density at radius 2 is 1.69 bits per heavy atom. The van der Waals surface area contributed by atoms with Gasteiger partial charge in [0, 0.05) is 29.9 Å². The van der Waals surface area contributed by atoms with E-state index >= 15 is 0 Å². The number of carbonyl (C=O) groups is 1. The predicted molar refractivity (Wildman–Crippen MR) is 120 cm³/mol. The van der Waals surface area contributed by atoms with Crippen LogP contribution in [-0.2, 0) is 10.0 Å². The van der Waals surface area contributed by atoms with Crippen molar-refractivity contribution >= 4 is 21.6 Å². The zero-order valence-electron chi connectivity index (χ0n) is 18.4. The molecule has 1 fully saturated rings. The summed E-state index contributed by atoms with van der Waals surface area (Å²) in [5.74, 6) is 0.487. The number of benzene rings is 1. The molecule has 2 rings (SSSR count). The highest BCUT2D eigenvalue weighted by Crippen LogP contribution is 2.26. The van der Waals surface area contributed by atoms with Gasteiger partial charge >= 0.3 is 0 Å². The van der Waals surface area contributed by atoms with E-state index in [1.54, 1.807) is 20.8 Å². The summed E-state index contributed by atoms with van der Waals surface area (Å²) in [6.07, 6.45) is 4.65. The molecule has 164 valence electrons. The first-order valence-corrected chi connectivity index (χ1v) is 12.2. The number of rotatable bonds is 8. The van der Waals surface area contributed by atoms with Crippen LogP contribution in [-0.4, -0.2) is 37.7 Å². The quantitative estimate of drug-likeness (QED) is 0.592. The molecule has 6 nitrogen and oxygen atoms in total. The van der Waals surface area contributed by atoms with Crippen molar-refractivity contribution in [3.8, 4) is 0 Å². The van der Waals surface area contributed by atoms with Crippen LogP contribution in [0.5, 0.6) is 0 Å². The minimum atomic E-state index is -3.29. The van der Waals surface area contributed by atoms with Gasteiger partial charge in [0.2, 0.25) is 10.0 Å². The molecule has 0 radical (unpaired) electrons. The Balaban J connectivity index is 1.77. The van der Waals surface area contributed by atoms with Gasteiger partial charge in [0.25, 0.3) is 5.91 Å². The average Bonchev–Trinajstić information content (AvgIpc) is 2.66. The maximum Gasteiger partial charge on any atom is 0.251 e. The normalized spacial score (nSPS) is 21.4. The second-order valence-corrected chi connectivity index (χ2v) is 11.7. The Bertz CT molecular complexity index is 761. The first kappa shape index (κ1) is 23.7. The summed E-state index contributed by atoms with van der Waals surface area (Å²) in [5.41, 5.74) is 1.67. The molecule has 0 aromatic heterocycles. The van der Waals surface area contributed by atoms with E-state index in [1.807, 2.05) is 38.1 Å². The van der Waals surface area contributed by atoms with Crippen molar-refractivity contribution in [2.24, 2.45) is 5.92 Å². The summed E-state index contributed by atoms with van der Waals surface area (Å²) in [6, 6.07) is 7.78. The minimum absolute atomic E-state index is 0.0399. The lowest BCUT2D eigenvalue weighted by molar-refractivity contribution is 0.0939. The van der Waals surface area contributed by atoms with Crippen LogP contribution in [0.15, 0.2) is 24.3 Å². The Hall–Kier alpha value is -1.60. The monoisotopic (exact) mass is 423 g/mol. The lowest BCUT2D eigenvalue weighted by Crippen LogP contribution is -2.46. The largest absolute Gasteiger partial charge is 0.385 e. The molecule has 1 saturated carbocycles. The molecular formula is C22H37N3O3S. The van der Waals surface area contributed by atoms with Crippen LogP contribution >= 0.6 is 0 Å². The zero-order chi connectivity index (χ0) is 21.7. The van der Waals surface area contributed by atoms with Crippen LogP contribution < -0.4 is 15.4 Å². The molecule has 29 heavy (non-hydrogen) atoms. The van der Waals surface area contributed by atoms with Gasteiger partial charge in [0.05, 0.1) is 4.75 Å². The highest BCUT2D eigenvalue weighted by molar-refractivity contribution is 7.90. The first-order valence-electron chi connectivity index (χ1n) is 10.7. The molecule has 1 aliphatic carbocycles. The Morgan fingerprint density at radius 1 is 1.10 bits per heavy atom. The number of hydrogen-bond donors (Lipinski definition) is 3. The van der Waals surface area contributed by atoms with Gasteiger partial charge in [-0.3, -0.25) is 4.79 Å². The molecule has 1 aliphatic rings. The number of anilines is 1. The number of sulfonamides is 1. The van der Waals surface area contributed by atoms with Gasteiger partial charge in [-0.2, -0.15) is 0 Å². The van der Waals surface area contributed by atoms with Crippen LogP contribution in [0.3, 0.4) is 0 Å². The molecule has 0 bridgehead atoms. The third kappa shape index (κ3) is 7.00. The van der Waals surface area contributed by atoms with E-state index in [4.69, 9.17) is 0 Å². The summed E-state index contributed by atoms with van der Waals surface area (Å²) in [4.78, 5) is 12.1. The van der Waals surface area contributed by atoms with Crippen molar-refractivity contribution in [2.45, 2.75) is 83.6 Å². The van der Waals surface area contributed by atoms with Gasteiger partial charge in [0.15, 0.2) is 0 Å². The molecule has 0 spiro atoms. The lowest BCUT2D eigenvalue weighted by atomic mass is 9.86. The standard InChI is InChI=1S/C22H37N3O3S/c1-6-16(2)24-21(26)18-9-13-19(14-10-18)23-15-17-7-11-20(12-8-17)25-29(27,28)22(3,4)5/h9-10,13-14,16-17,20,23,25H,6-8,11-12,15H2,1-5H3,(H,24,26)/t16?,17-,20-. The van der Waals surface area contributed by atoms with E-state index in [0.717, 1.165) is 44.3 Å². The number of amides is 1. The molecule has 0 saturated heterocycles. The fraction of sp³-hybridized carbons (Fsp3) is 0.682. The predicted octanol–water partition coefficient (Wildman–Crippen LogP) is 3.90. The first-order chi connectivity index (χ1) is 13.5. The van der Waals surface area contributed by atoms with E-state index in [2.05, 4.69) is 15.4 Å². The van der Waals surface area contributed by atoms with Crippen LogP contribution in [0.25, 0.3) is 0 Å². The fourth-order valence-electron chi connectivity index (χ4n) is 3.29. The van der Waals surface area contributed by atoms with Crippen LogP contribution in [0.2, 0.25) is 0 Å². The van der Waals surface area contributed by atoms with E-state index in [0.29, 0.717) is 11.5 Å². The Morgan fingerprint density at radius 3 is 2.21 bits per heavy atom. The van der Waals surface area contributed by atoms with Crippen LogP contribution in [0.4, 0.5) is 5.69 Å². The van der Waals surface area contributed by atoms with Gasteiger partial charge in [-0.05, 0) is 90.0 Å². The molecule has 1 atom stereocenters. The van der Waals surface area contributed by atoms with E-state index < -0.39 is 14.8 Å². The third-order valence-corrected chi connectivity index (χ3v) is 7.96. The van der Waals surface area contributed by atoms with Crippen molar-refractivity contribution in [2.75, 3.05) is 11.9 Å². The average molecular weight is 424 g/mol. The molecule has 7 heteroatoms. The van der Waals surface area contributed by atoms with Crippen molar-refractivity contribution in [1.29, 1.82) is 0 Å². The SMILES string of the molecule is CCC(C)NC(=O)c1ccc(NC[C@H]2CC[C@H](NS(=O)(=O)C(C)(C)C)CC2)cc1. The molecule has 1 unspecified atom stereocenters. The second-order valence-electron chi connectivity index (χ2n) is 9.19. The summed E-state index contributed by atoms with van der Waals surface area (Å²) < 4.78 is 26.7. The van der Waals surface area contributed by atoms with Gasteiger partial charge in [0.1, 0.15) is 0 Å². The summed E-state index contributed by atoms with van der Waals surface area (Å²) in [7, 11) is -3.29. The molecule has 0 aliphatic heterocycles. The summed E-state index contributed by atoms with van der Waals surface area (Å²) in [5, 5.41) is 6.42. The van der Waals surface area contributed by atoms with Crippen molar-refractivity contribution in [1.82, 2.24) is 10.0 Å². The summed E-state index contributed by atoms with van der Waals surface area (Å²) in [6.45, 7) is 10.1.